The van der Waals surface area contributed by atoms with Crippen LogP contribution in [-0.2, 0) is 21.2 Å². The molecule has 0 bridgehead atoms. The van der Waals surface area contributed by atoms with Crippen LogP contribution in [0.5, 0.6) is 0 Å². The Labute approximate surface area is 140 Å². The maximum atomic E-state index is 12.5. The Bertz CT molecular complexity index is 1020. The van der Waals surface area contributed by atoms with E-state index in [0.29, 0.717) is 16.8 Å². The number of anilines is 1. The highest BCUT2D eigenvalue weighted by molar-refractivity contribution is 7.89. The van der Waals surface area contributed by atoms with Gasteiger partial charge >= 0.3 is 0 Å². The highest BCUT2D eigenvalue weighted by Crippen LogP contribution is 2.43. The lowest BCUT2D eigenvalue weighted by atomic mass is 9.99. The molecule has 1 aromatic carbocycles. The summed E-state index contributed by atoms with van der Waals surface area (Å²) < 4.78 is 26.5. The molecule has 24 heavy (non-hydrogen) atoms. The normalized spacial score (nSPS) is 19.3. The number of sulfonamides is 1. The first kappa shape index (κ1) is 15.2. The van der Waals surface area contributed by atoms with Gasteiger partial charge in [-0.2, -0.15) is 0 Å². The number of amides is 1. The van der Waals surface area contributed by atoms with Gasteiger partial charge in [-0.1, -0.05) is 0 Å². The van der Waals surface area contributed by atoms with E-state index < -0.39 is 10.0 Å². The zero-order valence-corrected chi connectivity index (χ0v) is 14.2. The number of hydrogen-bond donors (Lipinski definition) is 3. The molecule has 0 saturated carbocycles. The lowest BCUT2D eigenvalue weighted by Crippen LogP contribution is -2.18. The number of aromatic nitrogens is 1. The third-order valence-corrected chi connectivity index (χ3v) is 6.01. The first-order chi connectivity index (χ1) is 11.4. The molecule has 0 fully saturated rings. The summed E-state index contributed by atoms with van der Waals surface area (Å²) in [4.78, 5) is 16.0. The molecule has 0 saturated heterocycles. The van der Waals surface area contributed by atoms with Gasteiger partial charge in [0.2, 0.25) is 10.0 Å². The predicted molar refractivity (Wildman–Crippen MR) is 92.0 cm³/mol. The number of aryl methyl sites for hydroxylation is 2. The number of H-pyrrole nitrogens is 1. The average molecular weight is 343 g/mol. The number of aromatic amines is 1. The molecule has 0 spiro atoms. The van der Waals surface area contributed by atoms with Gasteiger partial charge in [-0.3, -0.25) is 4.79 Å². The number of allylic oxidation sites excluding steroid dienone is 1. The highest BCUT2D eigenvalue weighted by Gasteiger charge is 2.32. The topological polar surface area (TPSA) is 91.1 Å². The molecule has 2 aromatic rings. The van der Waals surface area contributed by atoms with E-state index in [2.05, 4.69) is 21.1 Å². The van der Waals surface area contributed by atoms with E-state index in [-0.39, 0.29) is 10.8 Å². The molecule has 6 nitrogen and oxygen atoms in total. The molecule has 1 aliphatic heterocycles. The molecule has 7 heteroatoms. The van der Waals surface area contributed by atoms with Gasteiger partial charge in [0.1, 0.15) is 0 Å². The third kappa shape index (κ3) is 2.12. The lowest BCUT2D eigenvalue weighted by molar-refractivity contribution is -0.110. The number of hydrogen-bond acceptors (Lipinski definition) is 3. The van der Waals surface area contributed by atoms with Gasteiger partial charge in [0, 0.05) is 22.6 Å². The zero-order chi connectivity index (χ0) is 17.1. The Kier molecular flexibility index (Phi) is 3.20. The molecule has 1 amide bonds. The van der Waals surface area contributed by atoms with Crippen LogP contribution in [0.15, 0.2) is 29.2 Å². The number of nitrogens with one attached hydrogen (secondary N) is 3. The van der Waals surface area contributed by atoms with Crippen molar-refractivity contribution in [2.45, 2.75) is 24.7 Å². The van der Waals surface area contributed by atoms with Crippen LogP contribution in [-0.4, -0.2) is 26.4 Å². The van der Waals surface area contributed by atoms with E-state index in [0.717, 1.165) is 29.8 Å². The molecule has 4 rings (SSSR count). The van der Waals surface area contributed by atoms with Crippen LogP contribution in [0.2, 0.25) is 0 Å². The Balaban J connectivity index is 1.94. The maximum Gasteiger partial charge on any atom is 0.256 e. The number of benzene rings is 1. The summed E-state index contributed by atoms with van der Waals surface area (Å²) in [5.74, 6) is -0.181. The Morgan fingerprint density at radius 2 is 1.96 bits per heavy atom. The molecule has 2 aliphatic rings. The maximum absolute atomic E-state index is 12.5. The van der Waals surface area contributed by atoms with Gasteiger partial charge in [0.15, 0.2) is 0 Å². The van der Waals surface area contributed by atoms with E-state index in [1.54, 1.807) is 12.1 Å². The third-order valence-electron chi connectivity index (χ3n) is 4.60. The van der Waals surface area contributed by atoms with E-state index in [4.69, 9.17) is 0 Å². The molecule has 0 atom stereocenters. The summed E-state index contributed by atoms with van der Waals surface area (Å²) in [6.45, 7) is 1.99. The SMILES string of the molecule is CNS(=O)(=O)c1ccc2c(c1)/C(=C1\CCc3cc(C)[nH]c31)C(=O)N2. The van der Waals surface area contributed by atoms with Crippen molar-refractivity contribution in [1.82, 2.24) is 9.71 Å². The molecule has 0 unspecified atom stereocenters. The number of carbonyl (C=O) groups excluding carboxylic acids is 1. The van der Waals surface area contributed by atoms with Gasteiger partial charge in [-0.05, 0) is 62.2 Å². The van der Waals surface area contributed by atoms with Crippen LogP contribution in [0, 0.1) is 6.92 Å². The predicted octanol–water partition coefficient (Wildman–Crippen LogP) is 2.04. The second-order valence-corrected chi connectivity index (χ2v) is 7.96. The van der Waals surface area contributed by atoms with Gasteiger partial charge < -0.3 is 10.3 Å². The Morgan fingerprint density at radius 1 is 1.17 bits per heavy atom. The monoisotopic (exact) mass is 343 g/mol. The van der Waals surface area contributed by atoms with E-state index >= 15 is 0 Å². The van der Waals surface area contributed by atoms with Gasteiger partial charge in [0.05, 0.1) is 10.5 Å². The minimum absolute atomic E-state index is 0.152. The van der Waals surface area contributed by atoms with Crippen LogP contribution < -0.4 is 10.0 Å². The second-order valence-electron chi connectivity index (χ2n) is 6.08. The highest BCUT2D eigenvalue weighted by atomic mass is 32.2. The van der Waals surface area contributed by atoms with E-state index in [9.17, 15) is 13.2 Å². The molecule has 3 N–H and O–H groups in total. The van der Waals surface area contributed by atoms with Crippen molar-refractivity contribution in [3.05, 3.63) is 46.8 Å². The summed E-state index contributed by atoms with van der Waals surface area (Å²) in [6, 6.07) is 6.80. The first-order valence-corrected chi connectivity index (χ1v) is 9.20. The molecule has 0 radical (unpaired) electrons. The van der Waals surface area contributed by atoms with Crippen molar-refractivity contribution in [3.63, 3.8) is 0 Å². The fraction of sp³-hybridized carbons (Fsp3) is 0.235. The van der Waals surface area contributed by atoms with Gasteiger partial charge in [-0.15, -0.1) is 0 Å². The summed E-state index contributed by atoms with van der Waals surface area (Å²) >= 11 is 0. The number of fused-ring (bicyclic) bond motifs is 2. The minimum Gasteiger partial charge on any atom is -0.359 e. The lowest BCUT2D eigenvalue weighted by Gasteiger charge is -2.07. The number of rotatable bonds is 2. The molecule has 1 aromatic heterocycles. The zero-order valence-electron chi connectivity index (χ0n) is 13.4. The van der Waals surface area contributed by atoms with Crippen molar-refractivity contribution < 1.29 is 13.2 Å². The minimum atomic E-state index is -3.56. The van der Waals surface area contributed by atoms with Crippen LogP contribution in [0.3, 0.4) is 0 Å². The molecule has 124 valence electrons. The molecule has 2 heterocycles. The second kappa shape index (κ2) is 5.06. The fourth-order valence-electron chi connectivity index (χ4n) is 3.48. The average Bonchev–Trinajstić information content (AvgIpc) is 3.18. The number of carbonyl (C=O) groups is 1. The smallest absolute Gasteiger partial charge is 0.256 e. The van der Waals surface area contributed by atoms with Crippen molar-refractivity contribution in [1.29, 1.82) is 0 Å². The van der Waals surface area contributed by atoms with Gasteiger partial charge in [-0.25, -0.2) is 13.1 Å². The largest absolute Gasteiger partial charge is 0.359 e. The standard InChI is InChI=1S/C17H17N3O3S/c1-9-7-10-3-5-12(16(10)19-9)15-13-8-11(24(22,23)18-2)4-6-14(13)20-17(15)21/h4,6-8,18-19H,3,5H2,1-2H3,(H,20,21)/b15-12-. The summed E-state index contributed by atoms with van der Waals surface area (Å²) in [5.41, 5.74) is 6.07. The van der Waals surface area contributed by atoms with Crippen molar-refractivity contribution in [3.8, 4) is 0 Å². The fourth-order valence-corrected chi connectivity index (χ4v) is 4.23. The summed E-state index contributed by atoms with van der Waals surface area (Å²) in [5, 5.41) is 2.83. The van der Waals surface area contributed by atoms with Crippen LogP contribution in [0.1, 0.15) is 28.9 Å². The Hall–Kier alpha value is -2.38. The van der Waals surface area contributed by atoms with E-state index in [1.165, 1.54) is 18.7 Å². The molecule has 1 aliphatic carbocycles. The Morgan fingerprint density at radius 3 is 2.71 bits per heavy atom. The van der Waals surface area contributed by atoms with E-state index in [1.807, 2.05) is 6.92 Å². The molecular weight excluding hydrogens is 326 g/mol. The first-order valence-electron chi connectivity index (χ1n) is 7.72. The summed E-state index contributed by atoms with van der Waals surface area (Å²) in [6.07, 6.45) is 1.66. The summed E-state index contributed by atoms with van der Waals surface area (Å²) in [7, 11) is -2.19. The van der Waals surface area contributed by atoms with Crippen LogP contribution in [0.4, 0.5) is 5.69 Å². The quantitative estimate of drug-likeness (QED) is 0.729. The van der Waals surface area contributed by atoms with Crippen molar-refractivity contribution in [2.24, 2.45) is 0 Å². The van der Waals surface area contributed by atoms with Crippen LogP contribution >= 0.6 is 0 Å². The van der Waals surface area contributed by atoms with Gasteiger partial charge in [0.25, 0.3) is 5.91 Å². The van der Waals surface area contributed by atoms with Crippen molar-refractivity contribution in [2.75, 3.05) is 12.4 Å². The van der Waals surface area contributed by atoms with Crippen molar-refractivity contribution >= 4 is 32.8 Å². The molecular formula is C17H17N3O3S. The van der Waals surface area contributed by atoms with Crippen LogP contribution in [0.25, 0.3) is 11.1 Å².